The Labute approximate surface area is 193 Å². The lowest BCUT2D eigenvalue weighted by molar-refractivity contribution is -0.222. The van der Waals surface area contributed by atoms with Crippen LogP contribution in [-0.2, 0) is 4.74 Å². The normalized spacial score (nSPS) is 57.9. The highest BCUT2D eigenvalue weighted by molar-refractivity contribution is 5.15. The second-order valence-corrected chi connectivity index (χ2v) is 13.2. The minimum Gasteiger partial charge on any atom is -0.396 e. The molecule has 5 aliphatic rings. The summed E-state index contributed by atoms with van der Waals surface area (Å²) in [4.78, 5) is 0. The van der Waals surface area contributed by atoms with Crippen molar-refractivity contribution in [1.82, 2.24) is 0 Å². The smallest absolute Gasteiger partial charge is 0.168 e. The van der Waals surface area contributed by atoms with E-state index < -0.39 is 18.0 Å². The van der Waals surface area contributed by atoms with Crippen molar-refractivity contribution < 1.29 is 25.2 Å². The molecule has 0 aromatic rings. The van der Waals surface area contributed by atoms with E-state index >= 15 is 0 Å². The maximum atomic E-state index is 11.4. The van der Waals surface area contributed by atoms with Gasteiger partial charge >= 0.3 is 0 Å². The molecule has 184 valence electrons. The average molecular weight is 451 g/mol. The summed E-state index contributed by atoms with van der Waals surface area (Å²) in [5.41, 5.74) is 0.336. The summed E-state index contributed by atoms with van der Waals surface area (Å²) in [6, 6.07) is 0. The van der Waals surface area contributed by atoms with E-state index in [4.69, 9.17) is 4.74 Å². The van der Waals surface area contributed by atoms with Gasteiger partial charge < -0.3 is 25.2 Å². The van der Waals surface area contributed by atoms with Crippen molar-refractivity contribution in [3.8, 4) is 0 Å². The Morgan fingerprint density at radius 3 is 2.47 bits per heavy atom. The number of hydrogen-bond acceptors (Lipinski definition) is 5. The molecule has 1 saturated heterocycles. The van der Waals surface area contributed by atoms with Crippen molar-refractivity contribution in [2.45, 2.75) is 110 Å². The molecule has 0 spiro atoms. The molecule has 5 heteroatoms. The molecule has 1 heterocycles. The monoisotopic (exact) mass is 450 g/mol. The molecule has 0 amide bonds. The van der Waals surface area contributed by atoms with E-state index in [2.05, 4.69) is 20.8 Å². The Hall–Kier alpha value is -0.200. The molecular weight excluding hydrogens is 404 g/mol. The highest BCUT2D eigenvalue weighted by atomic mass is 16.6. The van der Waals surface area contributed by atoms with Crippen LogP contribution in [0.3, 0.4) is 0 Å². The molecule has 4 N–H and O–H groups in total. The SMILES string of the molecule is CC(CO)CCC1(O)O[C@H]2C[C@H]3[C@@H]4CCC5CC(O)C(O)C[C@]5(C)[C@H]4CC[C@]3(C)[C@H]2[C@@H]1C. The zero-order chi connectivity index (χ0) is 23.1. The van der Waals surface area contributed by atoms with Gasteiger partial charge in [0.1, 0.15) is 0 Å². The van der Waals surface area contributed by atoms with Crippen LogP contribution in [-0.4, -0.2) is 51.1 Å². The Morgan fingerprint density at radius 1 is 1.00 bits per heavy atom. The van der Waals surface area contributed by atoms with Crippen molar-refractivity contribution in [1.29, 1.82) is 0 Å². The number of hydrogen-bond donors (Lipinski definition) is 4. The van der Waals surface area contributed by atoms with Gasteiger partial charge in [-0.1, -0.05) is 27.7 Å². The van der Waals surface area contributed by atoms with E-state index in [1.807, 2.05) is 6.92 Å². The van der Waals surface area contributed by atoms with Crippen molar-refractivity contribution in [3.05, 3.63) is 0 Å². The third-order valence-electron chi connectivity index (χ3n) is 11.7. The topological polar surface area (TPSA) is 90.2 Å². The largest absolute Gasteiger partial charge is 0.396 e. The van der Waals surface area contributed by atoms with Gasteiger partial charge in [0.25, 0.3) is 0 Å². The molecule has 13 atom stereocenters. The van der Waals surface area contributed by atoms with E-state index in [1.54, 1.807) is 0 Å². The number of aliphatic hydroxyl groups excluding tert-OH is 3. The summed E-state index contributed by atoms with van der Waals surface area (Å²) in [5.74, 6) is 2.09. The van der Waals surface area contributed by atoms with Crippen LogP contribution in [0.5, 0.6) is 0 Å². The van der Waals surface area contributed by atoms with E-state index in [9.17, 15) is 20.4 Å². The minimum absolute atomic E-state index is 0.114. The third kappa shape index (κ3) is 3.28. The number of aliphatic hydroxyl groups is 4. The second-order valence-electron chi connectivity index (χ2n) is 13.2. The Kier molecular flexibility index (Phi) is 5.82. The Morgan fingerprint density at radius 2 is 1.75 bits per heavy atom. The number of fused-ring (bicyclic) bond motifs is 7. The molecule has 32 heavy (non-hydrogen) atoms. The molecule has 0 bridgehead atoms. The van der Waals surface area contributed by atoms with Gasteiger partial charge in [-0.15, -0.1) is 0 Å². The van der Waals surface area contributed by atoms with Crippen LogP contribution in [0.4, 0.5) is 0 Å². The van der Waals surface area contributed by atoms with Gasteiger partial charge in [0, 0.05) is 18.9 Å². The molecule has 4 saturated carbocycles. The molecule has 5 fully saturated rings. The van der Waals surface area contributed by atoms with Crippen LogP contribution in [0.25, 0.3) is 0 Å². The summed E-state index contributed by atoms with van der Waals surface area (Å²) < 4.78 is 6.48. The molecule has 0 aromatic carbocycles. The van der Waals surface area contributed by atoms with E-state index in [-0.39, 0.29) is 35.4 Å². The van der Waals surface area contributed by atoms with Crippen LogP contribution < -0.4 is 0 Å². The lowest BCUT2D eigenvalue weighted by Gasteiger charge is -2.61. The first-order valence-corrected chi connectivity index (χ1v) is 13.4. The maximum Gasteiger partial charge on any atom is 0.168 e. The van der Waals surface area contributed by atoms with E-state index in [1.165, 1.54) is 25.7 Å². The summed E-state index contributed by atoms with van der Waals surface area (Å²) in [6.45, 7) is 9.27. The predicted octanol–water partition coefficient (Wildman–Crippen LogP) is 3.72. The van der Waals surface area contributed by atoms with Crippen LogP contribution in [0.1, 0.15) is 85.5 Å². The number of rotatable bonds is 4. The predicted molar refractivity (Wildman–Crippen MR) is 122 cm³/mol. The summed E-state index contributed by atoms with van der Waals surface area (Å²) in [5, 5.41) is 41.7. The molecule has 5 unspecified atom stereocenters. The van der Waals surface area contributed by atoms with Gasteiger partial charge in [-0.25, -0.2) is 0 Å². The molecule has 4 aliphatic carbocycles. The van der Waals surface area contributed by atoms with Crippen LogP contribution >= 0.6 is 0 Å². The van der Waals surface area contributed by atoms with Gasteiger partial charge in [-0.2, -0.15) is 0 Å². The molecule has 1 aliphatic heterocycles. The van der Waals surface area contributed by atoms with Gasteiger partial charge in [0.2, 0.25) is 0 Å². The zero-order valence-electron chi connectivity index (χ0n) is 20.5. The van der Waals surface area contributed by atoms with Gasteiger partial charge in [0.15, 0.2) is 5.79 Å². The fourth-order valence-electron chi connectivity index (χ4n) is 9.80. The van der Waals surface area contributed by atoms with Crippen molar-refractivity contribution in [2.24, 2.45) is 52.3 Å². The number of ether oxygens (including phenoxy) is 1. The van der Waals surface area contributed by atoms with Crippen LogP contribution in [0, 0.1) is 52.3 Å². The fourth-order valence-corrected chi connectivity index (χ4v) is 9.80. The molecule has 0 radical (unpaired) electrons. The van der Waals surface area contributed by atoms with Crippen LogP contribution in [0.2, 0.25) is 0 Å². The third-order valence-corrected chi connectivity index (χ3v) is 11.7. The molecule has 0 aromatic heterocycles. The van der Waals surface area contributed by atoms with Crippen molar-refractivity contribution >= 4 is 0 Å². The first kappa shape index (κ1) is 23.5. The minimum atomic E-state index is -1.06. The fraction of sp³-hybridized carbons (Fsp3) is 1.00. The molecule has 5 nitrogen and oxygen atoms in total. The first-order chi connectivity index (χ1) is 15.0. The van der Waals surface area contributed by atoms with Crippen molar-refractivity contribution in [2.75, 3.05) is 6.61 Å². The Balaban J connectivity index is 1.35. The summed E-state index contributed by atoms with van der Waals surface area (Å²) in [6.07, 6.45) is 7.73. The maximum absolute atomic E-state index is 11.4. The quantitative estimate of drug-likeness (QED) is 0.524. The highest BCUT2D eigenvalue weighted by Crippen LogP contribution is 2.70. The lowest BCUT2D eigenvalue weighted by Crippen LogP contribution is -2.57. The first-order valence-electron chi connectivity index (χ1n) is 13.4. The van der Waals surface area contributed by atoms with E-state index in [0.29, 0.717) is 36.0 Å². The molecular formula is C27H46O5. The zero-order valence-corrected chi connectivity index (χ0v) is 20.5. The van der Waals surface area contributed by atoms with Crippen molar-refractivity contribution in [3.63, 3.8) is 0 Å². The standard InChI is InChI=1S/C27H46O5/c1-15(14-28)7-10-27(31)16(2)24-23(32-27)12-20-18-6-5-17-11-21(29)22(30)13-26(17,4)19(18)8-9-25(20,24)3/h15-24,28-31H,5-14H2,1-4H3/t15?,16-,17?,18+,19-,20-,21?,22?,23-,24-,25-,26-,27?/m0/s1. The summed E-state index contributed by atoms with van der Waals surface area (Å²) in [7, 11) is 0. The second kappa shape index (κ2) is 7.91. The summed E-state index contributed by atoms with van der Waals surface area (Å²) >= 11 is 0. The average Bonchev–Trinajstić information content (AvgIpc) is 3.17. The van der Waals surface area contributed by atoms with Gasteiger partial charge in [0.05, 0.1) is 18.3 Å². The Bertz CT molecular complexity index is 714. The highest BCUT2D eigenvalue weighted by Gasteiger charge is 2.68. The van der Waals surface area contributed by atoms with Crippen LogP contribution in [0.15, 0.2) is 0 Å². The molecule has 5 rings (SSSR count). The van der Waals surface area contributed by atoms with Gasteiger partial charge in [-0.3, -0.25) is 0 Å². The van der Waals surface area contributed by atoms with Gasteiger partial charge in [-0.05, 0) is 97.7 Å². The lowest BCUT2D eigenvalue weighted by atomic mass is 9.44. The van der Waals surface area contributed by atoms with E-state index in [0.717, 1.165) is 25.7 Å².